The van der Waals surface area contributed by atoms with Crippen LogP contribution in [-0.2, 0) is 7.05 Å². The van der Waals surface area contributed by atoms with Crippen molar-refractivity contribution in [1.82, 2.24) is 14.7 Å². The summed E-state index contributed by atoms with van der Waals surface area (Å²) in [5.41, 5.74) is 1.34. The molecular formula is C19H22F3N3O3. The minimum Gasteiger partial charge on any atom is -0.490 e. The smallest absolute Gasteiger partial charge is 0.422 e. The molecule has 1 amide bonds. The first-order valence-electron chi connectivity index (χ1n) is 8.97. The van der Waals surface area contributed by atoms with Crippen LogP contribution in [-0.4, -0.2) is 52.6 Å². The van der Waals surface area contributed by atoms with Crippen LogP contribution in [0.2, 0.25) is 0 Å². The molecular weight excluding hydrogens is 375 g/mol. The van der Waals surface area contributed by atoms with E-state index in [1.807, 2.05) is 6.92 Å². The summed E-state index contributed by atoms with van der Waals surface area (Å²) in [6.45, 7) is 1.57. The number of piperidine rings is 1. The monoisotopic (exact) mass is 397 g/mol. The maximum absolute atomic E-state index is 12.6. The minimum absolute atomic E-state index is 0.0656. The number of hydrogen-bond donors (Lipinski definition) is 0. The van der Waals surface area contributed by atoms with Gasteiger partial charge in [0.1, 0.15) is 23.3 Å². The van der Waals surface area contributed by atoms with Gasteiger partial charge in [-0.2, -0.15) is 18.3 Å². The molecule has 0 aliphatic carbocycles. The molecule has 0 radical (unpaired) electrons. The molecule has 1 aliphatic rings. The highest BCUT2D eigenvalue weighted by Crippen LogP contribution is 2.25. The van der Waals surface area contributed by atoms with E-state index in [4.69, 9.17) is 9.47 Å². The zero-order valence-electron chi connectivity index (χ0n) is 15.7. The molecule has 3 rings (SSSR count). The Bertz CT molecular complexity index is 827. The molecule has 0 atom stereocenters. The number of benzene rings is 1. The summed E-state index contributed by atoms with van der Waals surface area (Å²) in [5.74, 6) is 0.491. The average Bonchev–Trinajstić information content (AvgIpc) is 2.98. The van der Waals surface area contributed by atoms with Crippen LogP contribution in [0.1, 0.15) is 29.0 Å². The Balaban J connectivity index is 1.53. The molecule has 2 heterocycles. The number of hydrogen-bond acceptors (Lipinski definition) is 4. The van der Waals surface area contributed by atoms with E-state index < -0.39 is 12.8 Å². The summed E-state index contributed by atoms with van der Waals surface area (Å²) in [7, 11) is 1.74. The number of rotatable bonds is 5. The molecule has 0 unspecified atom stereocenters. The maximum atomic E-state index is 12.6. The minimum atomic E-state index is -4.39. The first-order chi connectivity index (χ1) is 13.2. The van der Waals surface area contributed by atoms with Gasteiger partial charge in [-0.3, -0.25) is 9.48 Å². The number of carbonyl (C=O) groups is 1. The van der Waals surface area contributed by atoms with Crippen molar-refractivity contribution in [1.29, 1.82) is 0 Å². The van der Waals surface area contributed by atoms with Crippen LogP contribution < -0.4 is 9.47 Å². The van der Waals surface area contributed by atoms with E-state index in [0.717, 1.165) is 5.69 Å². The number of aryl methyl sites for hydroxylation is 2. The zero-order chi connectivity index (χ0) is 20.3. The number of likely N-dealkylation sites (tertiary alicyclic amines) is 1. The highest BCUT2D eigenvalue weighted by atomic mass is 19.4. The van der Waals surface area contributed by atoms with Crippen molar-refractivity contribution in [2.45, 2.75) is 32.0 Å². The molecule has 1 aromatic heterocycles. The second kappa shape index (κ2) is 8.12. The summed E-state index contributed by atoms with van der Waals surface area (Å²) in [6, 6.07) is 7.93. The van der Waals surface area contributed by atoms with E-state index in [0.29, 0.717) is 37.4 Å². The summed E-state index contributed by atoms with van der Waals surface area (Å²) >= 11 is 0. The first-order valence-corrected chi connectivity index (χ1v) is 8.97. The van der Waals surface area contributed by atoms with Gasteiger partial charge in [0.2, 0.25) is 0 Å². The number of carbonyl (C=O) groups excluding carboxylic acids is 1. The fourth-order valence-electron chi connectivity index (χ4n) is 3.14. The van der Waals surface area contributed by atoms with Gasteiger partial charge in [0, 0.05) is 39.0 Å². The molecule has 0 N–H and O–H groups in total. The van der Waals surface area contributed by atoms with Crippen LogP contribution in [0.3, 0.4) is 0 Å². The Morgan fingerprint density at radius 3 is 2.50 bits per heavy atom. The Morgan fingerprint density at radius 2 is 1.89 bits per heavy atom. The van der Waals surface area contributed by atoms with Crippen LogP contribution >= 0.6 is 0 Å². The van der Waals surface area contributed by atoms with Crippen LogP contribution in [0.15, 0.2) is 30.3 Å². The predicted molar refractivity (Wildman–Crippen MR) is 95.5 cm³/mol. The van der Waals surface area contributed by atoms with Gasteiger partial charge in [0.15, 0.2) is 6.61 Å². The molecule has 9 heteroatoms. The number of amides is 1. The van der Waals surface area contributed by atoms with Crippen molar-refractivity contribution in [3.8, 4) is 11.5 Å². The molecule has 1 aliphatic heterocycles. The largest absolute Gasteiger partial charge is 0.490 e. The third-order valence-corrected chi connectivity index (χ3v) is 4.46. The second-order valence-electron chi connectivity index (χ2n) is 6.78. The van der Waals surface area contributed by atoms with Gasteiger partial charge in [-0.15, -0.1) is 0 Å². The van der Waals surface area contributed by atoms with E-state index in [2.05, 4.69) is 5.10 Å². The van der Waals surface area contributed by atoms with Gasteiger partial charge in [-0.1, -0.05) is 6.07 Å². The number of aromatic nitrogens is 2. The van der Waals surface area contributed by atoms with Gasteiger partial charge in [-0.25, -0.2) is 0 Å². The van der Waals surface area contributed by atoms with Crippen molar-refractivity contribution >= 4 is 5.91 Å². The van der Waals surface area contributed by atoms with Gasteiger partial charge in [0.05, 0.1) is 5.69 Å². The second-order valence-corrected chi connectivity index (χ2v) is 6.78. The summed E-state index contributed by atoms with van der Waals surface area (Å²) in [4.78, 5) is 14.4. The fourth-order valence-corrected chi connectivity index (χ4v) is 3.14. The van der Waals surface area contributed by atoms with Crippen LogP contribution in [0.4, 0.5) is 13.2 Å². The van der Waals surface area contributed by atoms with E-state index in [-0.39, 0.29) is 17.8 Å². The molecule has 1 aromatic carbocycles. The van der Waals surface area contributed by atoms with E-state index in [9.17, 15) is 18.0 Å². The third kappa shape index (κ3) is 5.17. The van der Waals surface area contributed by atoms with Gasteiger partial charge >= 0.3 is 6.18 Å². The van der Waals surface area contributed by atoms with Crippen LogP contribution in [0.5, 0.6) is 11.5 Å². The van der Waals surface area contributed by atoms with E-state index in [1.54, 1.807) is 34.8 Å². The molecule has 1 fully saturated rings. The SMILES string of the molecule is Cc1cc(C(=O)N2CCC(Oc3cccc(OCC(F)(F)F)c3)CC2)n(C)n1. The van der Waals surface area contributed by atoms with Crippen LogP contribution in [0, 0.1) is 6.92 Å². The Hall–Kier alpha value is -2.71. The molecule has 152 valence electrons. The quantitative estimate of drug-likeness (QED) is 0.777. The van der Waals surface area contributed by atoms with E-state index >= 15 is 0 Å². The number of halogens is 3. The predicted octanol–water partition coefficient (Wildman–Crippen LogP) is 3.35. The number of alkyl halides is 3. The van der Waals surface area contributed by atoms with Gasteiger partial charge < -0.3 is 14.4 Å². The third-order valence-electron chi connectivity index (χ3n) is 4.46. The number of ether oxygens (including phenoxy) is 2. The molecule has 2 aromatic rings. The summed E-state index contributed by atoms with van der Waals surface area (Å²) in [5, 5.41) is 4.20. The lowest BCUT2D eigenvalue weighted by Gasteiger charge is -2.32. The Kier molecular flexibility index (Phi) is 5.81. The standard InChI is InChI=1S/C19H22F3N3O3/c1-13-10-17(24(2)23-13)18(26)25-8-6-14(7-9-25)28-16-5-3-4-15(11-16)27-12-19(20,21)22/h3-5,10-11,14H,6-9,12H2,1-2H3. The highest BCUT2D eigenvalue weighted by Gasteiger charge is 2.29. The fraction of sp³-hybridized carbons (Fsp3) is 0.474. The summed E-state index contributed by atoms with van der Waals surface area (Å²) < 4.78 is 49.0. The molecule has 28 heavy (non-hydrogen) atoms. The van der Waals surface area contributed by atoms with Crippen LogP contribution in [0.25, 0.3) is 0 Å². The van der Waals surface area contributed by atoms with Crippen molar-refractivity contribution in [3.63, 3.8) is 0 Å². The van der Waals surface area contributed by atoms with Crippen molar-refractivity contribution in [2.24, 2.45) is 7.05 Å². The first kappa shape index (κ1) is 20.0. The molecule has 1 saturated heterocycles. The van der Waals surface area contributed by atoms with Gasteiger partial charge in [-0.05, 0) is 25.1 Å². The normalized spacial score (nSPS) is 15.5. The lowest BCUT2D eigenvalue weighted by molar-refractivity contribution is -0.153. The van der Waals surface area contributed by atoms with Crippen molar-refractivity contribution in [2.75, 3.05) is 19.7 Å². The average molecular weight is 397 g/mol. The van der Waals surface area contributed by atoms with Crippen molar-refractivity contribution in [3.05, 3.63) is 41.7 Å². The lowest BCUT2D eigenvalue weighted by atomic mass is 10.1. The molecule has 0 bridgehead atoms. The summed E-state index contributed by atoms with van der Waals surface area (Å²) in [6.07, 6.45) is -3.23. The maximum Gasteiger partial charge on any atom is 0.422 e. The lowest BCUT2D eigenvalue weighted by Crippen LogP contribution is -2.42. The molecule has 0 saturated carbocycles. The number of nitrogens with zero attached hydrogens (tertiary/aromatic N) is 3. The molecule has 0 spiro atoms. The zero-order valence-corrected chi connectivity index (χ0v) is 15.7. The van der Waals surface area contributed by atoms with Crippen molar-refractivity contribution < 1.29 is 27.4 Å². The van der Waals surface area contributed by atoms with E-state index in [1.165, 1.54) is 12.1 Å². The Morgan fingerprint density at radius 1 is 1.21 bits per heavy atom. The van der Waals surface area contributed by atoms with Gasteiger partial charge in [0.25, 0.3) is 5.91 Å². The molecule has 6 nitrogen and oxygen atoms in total. The topological polar surface area (TPSA) is 56.6 Å². The Labute approximate surface area is 160 Å². The highest BCUT2D eigenvalue weighted by molar-refractivity contribution is 5.92.